The standard InChI is InChI=1S/C23H31F3/c24-15-3-1-2-4-17-5-7-18(8-6-17)19-9-11-20(12-10-19)21-13-14-22(25)23(26)16-21/h2,4,13-14,16-20H,1,3,5-12,15H2/b4-2+/t17-,18-,19?,20?. The molecule has 2 aliphatic carbocycles. The monoisotopic (exact) mass is 364 g/mol. The number of alkyl halides is 1. The fourth-order valence-electron chi connectivity index (χ4n) is 4.98. The molecule has 0 aromatic heterocycles. The SMILES string of the molecule is FCCC/C=C/[C@H]1CC[C@H](C2CCC(c3ccc(F)c(F)c3)CC2)CC1. The zero-order valence-electron chi connectivity index (χ0n) is 15.6. The molecule has 3 heteroatoms. The van der Waals surface area contributed by atoms with Gasteiger partial charge in [-0.05, 0) is 106 Å². The third kappa shape index (κ3) is 5.14. The zero-order chi connectivity index (χ0) is 18.4. The van der Waals surface area contributed by atoms with E-state index in [2.05, 4.69) is 12.2 Å². The van der Waals surface area contributed by atoms with E-state index in [9.17, 15) is 13.2 Å². The number of hydrogen-bond acceptors (Lipinski definition) is 0. The molecule has 0 bridgehead atoms. The summed E-state index contributed by atoms with van der Waals surface area (Å²) in [5.74, 6) is 1.23. The number of allylic oxidation sites excluding steroid dienone is 2. The summed E-state index contributed by atoms with van der Waals surface area (Å²) in [6, 6.07) is 4.41. The highest BCUT2D eigenvalue weighted by molar-refractivity contribution is 5.22. The van der Waals surface area contributed by atoms with Crippen LogP contribution in [0.2, 0.25) is 0 Å². The second kappa shape index (κ2) is 9.62. The van der Waals surface area contributed by atoms with E-state index in [1.807, 2.05) is 0 Å². The molecule has 2 fully saturated rings. The minimum absolute atomic E-state index is 0.218. The lowest BCUT2D eigenvalue weighted by molar-refractivity contribution is 0.171. The van der Waals surface area contributed by atoms with Crippen molar-refractivity contribution in [2.45, 2.75) is 70.1 Å². The second-order valence-electron chi connectivity index (χ2n) is 8.22. The predicted molar refractivity (Wildman–Crippen MR) is 101 cm³/mol. The van der Waals surface area contributed by atoms with Gasteiger partial charge in [-0.3, -0.25) is 4.39 Å². The van der Waals surface area contributed by atoms with Gasteiger partial charge >= 0.3 is 0 Å². The van der Waals surface area contributed by atoms with Crippen molar-refractivity contribution in [1.29, 1.82) is 0 Å². The smallest absolute Gasteiger partial charge is 0.159 e. The van der Waals surface area contributed by atoms with Crippen molar-refractivity contribution in [2.75, 3.05) is 6.67 Å². The number of halogens is 3. The molecule has 1 aromatic rings. The molecule has 1 aromatic carbocycles. The van der Waals surface area contributed by atoms with E-state index in [0.717, 1.165) is 36.7 Å². The molecule has 0 radical (unpaired) electrons. The van der Waals surface area contributed by atoms with E-state index >= 15 is 0 Å². The molecule has 0 spiro atoms. The van der Waals surface area contributed by atoms with E-state index in [1.165, 1.54) is 50.7 Å². The van der Waals surface area contributed by atoms with Gasteiger partial charge in [0.05, 0.1) is 6.67 Å². The first-order chi connectivity index (χ1) is 12.7. The van der Waals surface area contributed by atoms with Crippen LogP contribution in [0.5, 0.6) is 0 Å². The summed E-state index contributed by atoms with van der Waals surface area (Å²) in [5.41, 5.74) is 0.962. The quantitative estimate of drug-likeness (QED) is 0.365. The summed E-state index contributed by atoms with van der Waals surface area (Å²) in [6.07, 6.45) is 15.7. The minimum Gasteiger partial charge on any atom is -0.251 e. The van der Waals surface area contributed by atoms with Crippen LogP contribution in [0.4, 0.5) is 13.2 Å². The summed E-state index contributed by atoms with van der Waals surface area (Å²) < 4.78 is 38.7. The van der Waals surface area contributed by atoms with Crippen molar-refractivity contribution < 1.29 is 13.2 Å². The van der Waals surface area contributed by atoms with Crippen molar-refractivity contribution >= 4 is 0 Å². The number of hydrogen-bond donors (Lipinski definition) is 0. The van der Waals surface area contributed by atoms with Gasteiger partial charge in [-0.15, -0.1) is 0 Å². The first-order valence-corrected chi connectivity index (χ1v) is 10.3. The molecule has 0 heterocycles. The topological polar surface area (TPSA) is 0 Å². The fourth-order valence-corrected chi connectivity index (χ4v) is 4.98. The summed E-state index contributed by atoms with van der Waals surface area (Å²) in [4.78, 5) is 0. The number of benzene rings is 1. The minimum atomic E-state index is -0.752. The molecule has 26 heavy (non-hydrogen) atoms. The molecular formula is C23H31F3. The van der Waals surface area contributed by atoms with Gasteiger partial charge < -0.3 is 0 Å². The van der Waals surface area contributed by atoms with Gasteiger partial charge in [0, 0.05) is 0 Å². The molecule has 3 rings (SSSR count). The Labute approximate surface area is 155 Å². The van der Waals surface area contributed by atoms with Crippen molar-refractivity contribution in [3.05, 3.63) is 47.5 Å². The number of rotatable bonds is 6. The molecule has 2 aliphatic rings. The van der Waals surface area contributed by atoms with Crippen LogP contribution in [-0.2, 0) is 0 Å². The molecule has 0 nitrogen and oxygen atoms in total. The normalized spacial score (nSPS) is 30.0. The van der Waals surface area contributed by atoms with Gasteiger partial charge in [0.1, 0.15) is 0 Å². The summed E-state index contributed by atoms with van der Waals surface area (Å²) in [5, 5.41) is 0. The molecule has 0 unspecified atom stereocenters. The van der Waals surface area contributed by atoms with Crippen LogP contribution in [0.25, 0.3) is 0 Å². The maximum absolute atomic E-state index is 13.5. The highest BCUT2D eigenvalue weighted by atomic mass is 19.2. The third-order valence-electron chi connectivity index (χ3n) is 6.58. The largest absolute Gasteiger partial charge is 0.251 e. The van der Waals surface area contributed by atoms with E-state index in [0.29, 0.717) is 18.3 Å². The van der Waals surface area contributed by atoms with E-state index in [1.54, 1.807) is 6.07 Å². The molecule has 144 valence electrons. The summed E-state index contributed by atoms with van der Waals surface area (Å²) >= 11 is 0. The Morgan fingerprint density at radius 1 is 0.846 bits per heavy atom. The third-order valence-corrected chi connectivity index (χ3v) is 6.58. The lowest BCUT2D eigenvalue weighted by atomic mass is 9.68. The molecular weight excluding hydrogens is 333 g/mol. The van der Waals surface area contributed by atoms with Crippen molar-refractivity contribution in [2.24, 2.45) is 17.8 Å². The first kappa shape index (κ1) is 19.5. The van der Waals surface area contributed by atoms with Gasteiger partial charge in [-0.2, -0.15) is 0 Å². The van der Waals surface area contributed by atoms with Crippen LogP contribution in [-0.4, -0.2) is 6.67 Å². The van der Waals surface area contributed by atoms with Crippen LogP contribution in [0.3, 0.4) is 0 Å². The van der Waals surface area contributed by atoms with Crippen molar-refractivity contribution in [3.8, 4) is 0 Å². The van der Waals surface area contributed by atoms with Crippen molar-refractivity contribution in [1.82, 2.24) is 0 Å². The summed E-state index contributed by atoms with van der Waals surface area (Å²) in [7, 11) is 0. The maximum Gasteiger partial charge on any atom is 0.159 e. The van der Waals surface area contributed by atoms with Crippen LogP contribution < -0.4 is 0 Å². The lowest BCUT2D eigenvalue weighted by Crippen LogP contribution is -2.25. The van der Waals surface area contributed by atoms with Gasteiger partial charge in [0.2, 0.25) is 0 Å². The van der Waals surface area contributed by atoms with Gasteiger partial charge in [-0.1, -0.05) is 18.2 Å². The van der Waals surface area contributed by atoms with Gasteiger partial charge in [0.15, 0.2) is 11.6 Å². The Morgan fingerprint density at radius 3 is 2.12 bits per heavy atom. The van der Waals surface area contributed by atoms with Crippen LogP contribution >= 0.6 is 0 Å². The van der Waals surface area contributed by atoms with Crippen molar-refractivity contribution in [3.63, 3.8) is 0 Å². The highest BCUT2D eigenvalue weighted by Gasteiger charge is 2.30. The fraction of sp³-hybridized carbons (Fsp3) is 0.652. The Balaban J connectivity index is 1.43. The van der Waals surface area contributed by atoms with Gasteiger partial charge in [-0.25, -0.2) is 8.78 Å². The maximum atomic E-state index is 13.5. The van der Waals surface area contributed by atoms with Gasteiger partial charge in [0.25, 0.3) is 0 Å². The van der Waals surface area contributed by atoms with E-state index < -0.39 is 11.6 Å². The molecule has 2 saturated carbocycles. The Hall–Kier alpha value is -1.25. The van der Waals surface area contributed by atoms with E-state index in [4.69, 9.17) is 0 Å². The Kier molecular flexibility index (Phi) is 7.22. The molecule has 0 atom stereocenters. The van der Waals surface area contributed by atoms with Crippen LogP contribution in [0.1, 0.15) is 75.7 Å². The van der Waals surface area contributed by atoms with Crippen LogP contribution in [0.15, 0.2) is 30.4 Å². The molecule has 0 saturated heterocycles. The van der Waals surface area contributed by atoms with Crippen LogP contribution in [0, 0.1) is 29.4 Å². The second-order valence-corrected chi connectivity index (χ2v) is 8.22. The summed E-state index contributed by atoms with van der Waals surface area (Å²) in [6.45, 7) is -0.218. The van der Waals surface area contributed by atoms with E-state index in [-0.39, 0.29) is 6.67 Å². The lowest BCUT2D eigenvalue weighted by Gasteiger charge is -2.37. The average molecular weight is 364 g/mol. The highest BCUT2D eigenvalue weighted by Crippen LogP contribution is 2.44. The molecule has 0 amide bonds. The average Bonchev–Trinajstić information content (AvgIpc) is 2.68. The first-order valence-electron chi connectivity index (χ1n) is 10.3. The zero-order valence-corrected chi connectivity index (χ0v) is 15.6. The Morgan fingerprint density at radius 2 is 1.50 bits per heavy atom. The number of unbranched alkanes of at least 4 members (excludes halogenated alkanes) is 1. The predicted octanol–water partition coefficient (Wildman–Crippen LogP) is 7.35. The molecule has 0 aliphatic heterocycles. The Bertz CT molecular complexity index is 579. The molecule has 0 N–H and O–H groups in total.